The number of methoxy groups -OCH3 is 1. The van der Waals surface area contributed by atoms with E-state index in [1.54, 1.807) is 39.0 Å². The maximum absolute atomic E-state index is 13.8. The Morgan fingerprint density at radius 1 is 0.953 bits per heavy atom. The molecule has 0 N–H and O–H groups in total. The fourth-order valence-corrected chi connectivity index (χ4v) is 4.08. The lowest BCUT2D eigenvalue weighted by atomic mass is 10.1. The van der Waals surface area contributed by atoms with Gasteiger partial charge in [0.2, 0.25) is 0 Å². The van der Waals surface area contributed by atoms with Crippen LogP contribution in [0.5, 0.6) is 11.5 Å². The molecule has 0 radical (unpaired) electrons. The molecule has 0 fully saturated rings. The molecule has 1 amide bonds. The van der Waals surface area contributed by atoms with Crippen LogP contribution in [-0.4, -0.2) is 52.7 Å². The first-order valence-corrected chi connectivity index (χ1v) is 12.9. The highest BCUT2D eigenvalue weighted by Gasteiger charge is 2.33. The van der Waals surface area contributed by atoms with Crippen LogP contribution in [0.2, 0.25) is 0 Å². The Morgan fingerprint density at radius 3 is 2.28 bits per heavy atom. The average molecular weight is 603 g/mol. The zero-order valence-corrected chi connectivity index (χ0v) is 24.0. The van der Waals surface area contributed by atoms with E-state index < -0.39 is 34.9 Å². The number of aryl methyl sites for hydroxylation is 1. The smallest absolute Gasteiger partial charge is 0.490 e. The van der Waals surface area contributed by atoms with Gasteiger partial charge in [0.25, 0.3) is 11.1 Å². The minimum atomic E-state index is -4.91. The first kappa shape index (κ1) is 31.1. The van der Waals surface area contributed by atoms with Crippen LogP contribution >= 0.6 is 0 Å². The number of benzene rings is 2. The van der Waals surface area contributed by atoms with Gasteiger partial charge in [0, 0.05) is 20.4 Å². The summed E-state index contributed by atoms with van der Waals surface area (Å²) in [6.07, 6.45) is -4.40. The fraction of sp³-hybridized carbons (Fsp3) is 0.310. The van der Waals surface area contributed by atoms with Gasteiger partial charge in [0.05, 0.1) is 23.1 Å². The Hall–Kier alpha value is -4.85. The number of nitrogens with zero attached hydrogens (tertiary/aromatic N) is 4. The zero-order chi connectivity index (χ0) is 31.5. The van der Waals surface area contributed by atoms with Crippen molar-refractivity contribution in [3.05, 3.63) is 81.5 Å². The highest BCUT2D eigenvalue weighted by Crippen LogP contribution is 2.36. The lowest BCUT2D eigenvalue weighted by Gasteiger charge is -2.28. The SMILES string of the molecule is COCCOc1cccc2c(=O)n(-c3ccc(OC(F)(F)F)cc3)nc(N(C(=O)OC(C)(C)C)c3cccn(C)c3=O)c12. The van der Waals surface area contributed by atoms with Crippen LogP contribution in [0.1, 0.15) is 20.8 Å². The second-order valence-corrected chi connectivity index (χ2v) is 10.2. The Labute approximate surface area is 243 Å². The third-order valence-corrected chi connectivity index (χ3v) is 5.86. The second kappa shape index (κ2) is 12.2. The van der Waals surface area contributed by atoms with Crippen LogP contribution in [0.4, 0.5) is 29.5 Å². The number of pyridine rings is 1. The summed E-state index contributed by atoms with van der Waals surface area (Å²) in [5, 5.41) is 4.60. The highest BCUT2D eigenvalue weighted by molar-refractivity contribution is 6.06. The molecule has 0 unspecified atom stereocenters. The van der Waals surface area contributed by atoms with Gasteiger partial charge in [-0.15, -0.1) is 18.3 Å². The van der Waals surface area contributed by atoms with Crippen molar-refractivity contribution in [3.8, 4) is 17.2 Å². The van der Waals surface area contributed by atoms with Gasteiger partial charge in [0.15, 0.2) is 5.82 Å². The first-order valence-electron chi connectivity index (χ1n) is 12.9. The number of rotatable bonds is 8. The van der Waals surface area contributed by atoms with E-state index in [9.17, 15) is 27.6 Å². The number of ether oxygens (including phenoxy) is 4. The summed E-state index contributed by atoms with van der Waals surface area (Å²) in [4.78, 5) is 41.8. The van der Waals surface area contributed by atoms with Gasteiger partial charge < -0.3 is 23.5 Å². The molecule has 4 rings (SSSR count). The largest absolute Gasteiger partial charge is 0.573 e. The molecule has 11 nitrogen and oxygen atoms in total. The molecule has 0 saturated heterocycles. The number of hydrogen-bond acceptors (Lipinski definition) is 8. The van der Waals surface area contributed by atoms with Crippen LogP contribution in [0.25, 0.3) is 16.5 Å². The molecule has 2 aromatic heterocycles. The number of amides is 1. The van der Waals surface area contributed by atoms with Crippen molar-refractivity contribution in [3.63, 3.8) is 0 Å². The number of alkyl halides is 3. The van der Waals surface area contributed by atoms with Crippen molar-refractivity contribution < 1.29 is 36.9 Å². The number of fused-ring (bicyclic) bond motifs is 1. The minimum Gasteiger partial charge on any atom is -0.490 e. The van der Waals surface area contributed by atoms with E-state index in [1.807, 2.05) is 0 Å². The fourth-order valence-electron chi connectivity index (χ4n) is 4.08. The number of carbonyl (C=O) groups is 1. The molecule has 4 aromatic rings. The zero-order valence-electron chi connectivity index (χ0n) is 24.0. The van der Waals surface area contributed by atoms with Gasteiger partial charge in [-0.1, -0.05) is 6.07 Å². The van der Waals surface area contributed by atoms with Crippen molar-refractivity contribution in [1.29, 1.82) is 0 Å². The number of anilines is 2. The van der Waals surface area contributed by atoms with Crippen LogP contribution in [0.15, 0.2) is 70.4 Å². The summed E-state index contributed by atoms with van der Waals surface area (Å²) in [5.41, 5.74) is -2.33. The normalized spacial score (nSPS) is 11.8. The van der Waals surface area contributed by atoms with Crippen LogP contribution in [0.3, 0.4) is 0 Å². The van der Waals surface area contributed by atoms with Gasteiger partial charge in [-0.3, -0.25) is 9.59 Å². The Morgan fingerprint density at radius 2 is 1.65 bits per heavy atom. The predicted octanol–water partition coefficient (Wildman–Crippen LogP) is 5.08. The molecule has 2 aromatic carbocycles. The summed E-state index contributed by atoms with van der Waals surface area (Å²) in [7, 11) is 2.98. The minimum absolute atomic E-state index is 0.0387. The molecule has 43 heavy (non-hydrogen) atoms. The third-order valence-electron chi connectivity index (χ3n) is 5.86. The van der Waals surface area contributed by atoms with Crippen molar-refractivity contribution >= 4 is 28.4 Å². The first-order chi connectivity index (χ1) is 20.2. The summed E-state index contributed by atoms with van der Waals surface area (Å²) >= 11 is 0. The van der Waals surface area contributed by atoms with E-state index in [0.29, 0.717) is 0 Å². The summed E-state index contributed by atoms with van der Waals surface area (Å²) in [5.74, 6) is -0.547. The monoisotopic (exact) mass is 602 g/mol. The van der Waals surface area contributed by atoms with Crippen LogP contribution in [-0.2, 0) is 16.5 Å². The molecule has 14 heteroatoms. The molecule has 0 saturated carbocycles. The van der Waals surface area contributed by atoms with E-state index in [1.165, 1.54) is 49.2 Å². The summed E-state index contributed by atoms with van der Waals surface area (Å²) < 4.78 is 60.9. The molecule has 228 valence electrons. The molecule has 0 spiro atoms. The van der Waals surface area contributed by atoms with Crippen molar-refractivity contribution in [2.45, 2.75) is 32.7 Å². The van der Waals surface area contributed by atoms with Crippen LogP contribution < -0.4 is 25.5 Å². The van der Waals surface area contributed by atoms with Gasteiger partial charge in [-0.05, 0) is 69.3 Å². The molecule has 0 bridgehead atoms. The van der Waals surface area contributed by atoms with Gasteiger partial charge in [-0.2, -0.15) is 4.68 Å². The topological polar surface area (TPSA) is 114 Å². The number of aromatic nitrogens is 3. The van der Waals surface area contributed by atoms with Gasteiger partial charge in [-0.25, -0.2) is 9.69 Å². The van der Waals surface area contributed by atoms with E-state index in [-0.39, 0.29) is 46.9 Å². The Kier molecular flexibility index (Phi) is 8.80. The molecular weight excluding hydrogens is 573 g/mol. The Bertz CT molecular complexity index is 1740. The number of carbonyl (C=O) groups excluding carboxylic acids is 1. The lowest BCUT2D eigenvalue weighted by molar-refractivity contribution is -0.274. The summed E-state index contributed by atoms with van der Waals surface area (Å²) in [6.45, 7) is 5.21. The maximum atomic E-state index is 13.8. The van der Waals surface area contributed by atoms with Gasteiger partial charge >= 0.3 is 12.5 Å². The molecule has 0 aliphatic carbocycles. The quantitative estimate of drug-likeness (QED) is 0.257. The van der Waals surface area contributed by atoms with E-state index >= 15 is 0 Å². The van der Waals surface area contributed by atoms with Gasteiger partial charge in [0.1, 0.15) is 29.4 Å². The average Bonchev–Trinajstić information content (AvgIpc) is 2.91. The predicted molar refractivity (Wildman–Crippen MR) is 151 cm³/mol. The van der Waals surface area contributed by atoms with Crippen molar-refractivity contribution in [2.24, 2.45) is 7.05 Å². The van der Waals surface area contributed by atoms with E-state index in [0.717, 1.165) is 21.7 Å². The maximum Gasteiger partial charge on any atom is 0.573 e. The third kappa shape index (κ3) is 7.15. The number of hydrogen-bond donors (Lipinski definition) is 0. The molecule has 0 aliphatic rings. The molecular formula is C29H29F3N4O7. The standard InChI is InChI=1S/C29H29F3N4O7/c1-28(2,3)43-27(39)35(21-9-7-15-34(4)26(21)38)24-23-20(8-6-10-22(23)41-17-16-40-5)25(37)36(33-24)18-11-13-19(14-12-18)42-29(30,31)32/h6-15H,16-17H2,1-5H3. The Balaban J connectivity index is 2.05. The highest BCUT2D eigenvalue weighted by atomic mass is 19.4. The van der Waals surface area contributed by atoms with Crippen LogP contribution in [0, 0.1) is 0 Å². The summed E-state index contributed by atoms with van der Waals surface area (Å²) in [6, 6.07) is 12.0. The van der Waals surface area contributed by atoms with E-state index in [2.05, 4.69) is 9.84 Å². The lowest BCUT2D eigenvalue weighted by Crippen LogP contribution is -2.39. The molecule has 0 aliphatic heterocycles. The molecule has 2 heterocycles. The second-order valence-electron chi connectivity index (χ2n) is 10.2. The molecule has 0 atom stereocenters. The van der Waals surface area contributed by atoms with Crippen molar-refractivity contribution in [2.75, 3.05) is 25.2 Å². The van der Waals surface area contributed by atoms with Crippen molar-refractivity contribution in [1.82, 2.24) is 14.3 Å². The van der Waals surface area contributed by atoms with E-state index in [4.69, 9.17) is 14.2 Å². The number of halogens is 3.